The van der Waals surface area contributed by atoms with Crippen molar-refractivity contribution in [2.24, 2.45) is 0 Å². The summed E-state index contributed by atoms with van der Waals surface area (Å²) >= 11 is 3.53. The van der Waals surface area contributed by atoms with Gasteiger partial charge in [0.15, 0.2) is 5.82 Å². The predicted molar refractivity (Wildman–Crippen MR) is 80.9 cm³/mol. The van der Waals surface area contributed by atoms with E-state index in [1.165, 1.54) is 0 Å². The van der Waals surface area contributed by atoms with Gasteiger partial charge in [-0.15, -0.1) is 10.2 Å². The molecule has 0 saturated heterocycles. The van der Waals surface area contributed by atoms with Gasteiger partial charge in [0.25, 0.3) is 0 Å². The summed E-state index contributed by atoms with van der Waals surface area (Å²) in [5.41, 5.74) is 1.58. The zero-order chi connectivity index (χ0) is 14.5. The van der Waals surface area contributed by atoms with Crippen molar-refractivity contribution >= 4 is 21.7 Å². The maximum Gasteiger partial charge on any atom is 0.233 e. The van der Waals surface area contributed by atoms with Crippen LogP contribution in [0.25, 0.3) is 11.5 Å². The van der Waals surface area contributed by atoms with Gasteiger partial charge in [0.05, 0.1) is 17.3 Å². The van der Waals surface area contributed by atoms with E-state index in [1.807, 2.05) is 7.05 Å². The number of nitrogens with one attached hydrogen (secondary N) is 1. The summed E-state index contributed by atoms with van der Waals surface area (Å²) in [6, 6.07) is 3.54. The van der Waals surface area contributed by atoms with Crippen LogP contribution in [0.15, 0.2) is 16.6 Å². The van der Waals surface area contributed by atoms with E-state index in [4.69, 9.17) is 4.74 Å². The van der Waals surface area contributed by atoms with Gasteiger partial charge in [-0.3, -0.25) is 0 Å². The van der Waals surface area contributed by atoms with Crippen LogP contribution in [0, 0.1) is 0 Å². The molecule has 1 N–H and O–H groups in total. The highest BCUT2D eigenvalue weighted by atomic mass is 79.9. The number of aryl methyl sites for hydroxylation is 1. The van der Waals surface area contributed by atoms with Crippen molar-refractivity contribution in [2.75, 3.05) is 19.5 Å². The minimum absolute atomic E-state index is 0.466. The Morgan fingerprint density at radius 2 is 2.05 bits per heavy atom. The van der Waals surface area contributed by atoms with Crippen molar-refractivity contribution in [1.82, 2.24) is 20.2 Å². The molecule has 7 heteroatoms. The highest BCUT2D eigenvalue weighted by molar-refractivity contribution is 9.10. The molecule has 0 atom stereocenters. The number of hydrogen-bond donors (Lipinski definition) is 1. The lowest BCUT2D eigenvalue weighted by Gasteiger charge is -2.10. The number of halogens is 1. The predicted octanol–water partition coefficient (Wildman–Crippen LogP) is 2.70. The van der Waals surface area contributed by atoms with Gasteiger partial charge in [-0.25, -0.2) is 9.97 Å². The molecular formula is C13H16BrN5O. The van der Waals surface area contributed by atoms with E-state index in [0.717, 1.165) is 28.8 Å². The first-order chi connectivity index (χ1) is 9.69. The molecule has 0 amide bonds. The lowest BCUT2D eigenvalue weighted by molar-refractivity contribution is 0.392. The van der Waals surface area contributed by atoms with Gasteiger partial charge in [-0.2, -0.15) is 0 Å². The number of hydrogen-bond acceptors (Lipinski definition) is 6. The average Bonchev–Trinajstić information content (AvgIpc) is 2.49. The summed E-state index contributed by atoms with van der Waals surface area (Å²) in [5, 5.41) is 11.1. The second-order valence-electron chi connectivity index (χ2n) is 4.12. The van der Waals surface area contributed by atoms with Crippen LogP contribution < -0.4 is 10.1 Å². The molecule has 20 heavy (non-hydrogen) atoms. The summed E-state index contributed by atoms with van der Waals surface area (Å²) in [6.45, 7) is 2.11. The molecule has 0 spiro atoms. The summed E-state index contributed by atoms with van der Waals surface area (Å²) < 4.78 is 5.89. The normalized spacial score (nSPS) is 10.4. The lowest BCUT2D eigenvalue weighted by atomic mass is 10.2. The van der Waals surface area contributed by atoms with Crippen molar-refractivity contribution in [3.05, 3.63) is 22.3 Å². The summed E-state index contributed by atoms with van der Waals surface area (Å²) in [6.07, 6.45) is 1.88. The van der Waals surface area contributed by atoms with E-state index >= 15 is 0 Å². The zero-order valence-electron chi connectivity index (χ0n) is 11.6. The molecule has 0 radical (unpaired) electrons. The van der Waals surface area contributed by atoms with Gasteiger partial charge in [-0.1, -0.05) is 13.3 Å². The molecular weight excluding hydrogens is 322 g/mol. The van der Waals surface area contributed by atoms with Crippen LogP contribution in [-0.2, 0) is 6.42 Å². The van der Waals surface area contributed by atoms with Crippen molar-refractivity contribution in [1.29, 1.82) is 0 Å². The van der Waals surface area contributed by atoms with Gasteiger partial charge in [0.1, 0.15) is 11.5 Å². The third kappa shape index (κ3) is 3.04. The van der Waals surface area contributed by atoms with Crippen LogP contribution in [0.2, 0.25) is 0 Å². The van der Waals surface area contributed by atoms with E-state index in [0.29, 0.717) is 17.4 Å². The monoisotopic (exact) mass is 337 g/mol. The fourth-order valence-corrected chi connectivity index (χ4v) is 2.30. The van der Waals surface area contributed by atoms with Crippen LogP contribution in [0.3, 0.4) is 0 Å². The molecule has 6 nitrogen and oxygen atoms in total. The molecule has 0 bridgehead atoms. The number of aromatic nitrogens is 4. The highest BCUT2D eigenvalue weighted by Gasteiger charge is 2.13. The SMILES string of the molecule is CCCc1nc(-c2ccc(OC)nn2)nc(NC)c1Br. The zero-order valence-corrected chi connectivity index (χ0v) is 13.2. The Labute approximate surface area is 126 Å². The average molecular weight is 338 g/mol. The molecule has 2 rings (SSSR count). The van der Waals surface area contributed by atoms with E-state index in [2.05, 4.69) is 48.3 Å². The third-order valence-electron chi connectivity index (χ3n) is 2.72. The molecule has 0 unspecified atom stereocenters. The number of rotatable bonds is 5. The Morgan fingerprint density at radius 1 is 1.25 bits per heavy atom. The fourth-order valence-electron chi connectivity index (χ4n) is 1.72. The molecule has 2 heterocycles. The smallest absolute Gasteiger partial charge is 0.233 e. The molecule has 0 aliphatic rings. The van der Waals surface area contributed by atoms with Crippen molar-refractivity contribution < 1.29 is 4.74 Å². The largest absolute Gasteiger partial charge is 0.480 e. The van der Waals surface area contributed by atoms with Gasteiger partial charge < -0.3 is 10.1 Å². The van der Waals surface area contributed by atoms with Crippen LogP contribution in [-0.4, -0.2) is 34.3 Å². The van der Waals surface area contributed by atoms with E-state index in [-0.39, 0.29) is 0 Å². The van der Waals surface area contributed by atoms with E-state index < -0.39 is 0 Å². The Hall–Kier alpha value is -1.76. The third-order valence-corrected chi connectivity index (χ3v) is 3.56. The Balaban J connectivity index is 2.46. The minimum atomic E-state index is 0.466. The summed E-state index contributed by atoms with van der Waals surface area (Å²) in [4.78, 5) is 9.00. The second-order valence-corrected chi connectivity index (χ2v) is 4.91. The quantitative estimate of drug-likeness (QED) is 0.904. The van der Waals surface area contributed by atoms with E-state index in [1.54, 1.807) is 19.2 Å². The first kappa shape index (κ1) is 14.6. The topological polar surface area (TPSA) is 72.8 Å². The van der Waals surface area contributed by atoms with Gasteiger partial charge in [-0.05, 0) is 28.4 Å². The number of ether oxygens (including phenoxy) is 1. The highest BCUT2D eigenvalue weighted by Crippen LogP contribution is 2.27. The van der Waals surface area contributed by atoms with Crippen molar-refractivity contribution in [3.63, 3.8) is 0 Å². The van der Waals surface area contributed by atoms with Crippen LogP contribution >= 0.6 is 15.9 Å². The van der Waals surface area contributed by atoms with Crippen LogP contribution in [0.1, 0.15) is 19.0 Å². The molecule has 0 fully saturated rings. The van der Waals surface area contributed by atoms with Crippen molar-refractivity contribution in [3.8, 4) is 17.4 Å². The first-order valence-corrected chi connectivity index (χ1v) is 7.11. The number of nitrogens with zero attached hydrogens (tertiary/aromatic N) is 4. The second kappa shape index (κ2) is 6.60. The molecule has 0 aliphatic carbocycles. The Bertz CT molecular complexity index is 588. The molecule has 0 saturated carbocycles. The first-order valence-electron chi connectivity index (χ1n) is 6.31. The van der Waals surface area contributed by atoms with Crippen LogP contribution in [0.5, 0.6) is 5.88 Å². The van der Waals surface area contributed by atoms with Gasteiger partial charge in [0, 0.05) is 13.1 Å². The molecule has 2 aromatic rings. The molecule has 0 aromatic carbocycles. The minimum Gasteiger partial charge on any atom is -0.480 e. The maximum absolute atomic E-state index is 5.00. The molecule has 2 aromatic heterocycles. The van der Waals surface area contributed by atoms with Crippen molar-refractivity contribution in [2.45, 2.75) is 19.8 Å². The number of methoxy groups -OCH3 is 1. The molecule has 0 aliphatic heterocycles. The number of anilines is 1. The Morgan fingerprint density at radius 3 is 2.60 bits per heavy atom. The maximum atomic E-state index is 5.00. The standard InChI is InChI=1S/C13H16BrN5O/c1-4-5-8-11(14)13(15-2)17-12(16-8)9-6-7-10(20-3)19-18-9/h6-7H,4-5H2,1-3H3,(H,15,16,17). The lowest BCUT2D eigenvalue weighted by Crippen LogP contribution is -2.04. The van der Waals surface area contributed by atoms with E-state index in [9.17, 15) is 0 Å². The van der Waals surface area contributed by atoms with Gasteiger partial charge in [0.2, 0.25) is 5.88 Å². The fraction of sp³-hybridized carbons (Fsp3) is 0.385. The summed E-state index contributed by atoms with van der Waals surface area (Å²) in [5.74, 6) is 1.76. The summed E-state index contributed by atoms with van der Waals surface area (Å²) in [7, 11) is 3.38. The molecule has 106 valence electrons. The van der Waals surface area contributed by atoms with Crippen LogP contribution in [0.4, 0.5) is 5.82 Å². The Kier molecular flexibility index (Phi) is 4.84. The van der Waals surface area contributed by atoms with Gasteiger partial charge >= 0.3 is 0 Å².